The van der Waals surface area contributed by atoms with Crippen molar-refractivity contribution in [1.29, 1.82) is 0 Å². The van der Waals surface area contributed by atoms with Crippen molar-refractivity contribution in [2.45, 2.75) is 6.54 Å². The summed E-state index contributed by atoms with van der Waals surface area (Å²) in [6.07, 6.45) is 3.52. The van der Waals surface area contributed by atoms with E-state index in [4.69, 9.17) is 4.74 Å². The van der Waals surface area contributed by atoms with Crippen LogP contribution < -0.4 is 4.74 Å². The maximum absolute atomic E-state index is 5.73. The lowest BCUT2D eigenvalue weighted by Crippen LogP contribution is -2.00. The maximum Gasteiger partial charge on any atom is 0.127 e. The summed E-state index contributed by atoms with van der Waals surface area (Å²) in [6, 6.07) is 17.7. The average molecular weight is 251 g/mol. The number of ether oxygens (including phenoxy) is 1. The van der Waals surface area contributed by atoms with Crippen molar-refractivity contribution in [3.8, 4) is 11.5 Å². The number of para-hydroxylation sites is 1. The molecule has 0 fully saturated rings. The Labute approximate surface area is 111 Å². The highest BCUT2D eigenvalue weighted by molar-refractivity contribution is 5.32. The summed E-state index contributed by atoms with van der Waals surface area (Å²) >= 11 is 0. The zero-order valence-corrected chi connectivity index (χ0v) is 10.3. The van der Waals surface area contributed by atoms with E-state index in [1.54, 1.807) is 10.9 Å². The Morgan fingerprint density at radius 1 is 0.895 bits per heavy atom. The summed E-state index contributed by atoms with van der Waals surface area (Å²) in [4.78, 5) is 0. The summed E-state index contributed by atoms with van der Waals surface area (Å²) in [6.45, 7) is 0.714. The lowest BCUT2D eigenvalue weighted by molar-refractivity contribution is 0.482. The van der Waals surface area contributed by atoms with Gasteiger partial charge in [-0.3, -0.25) is 0 Å². The first kappa shape index (κ1) is 11.5. The summed E-state index contributed by atoms with van der Waals surface area (Å²) in [7, 11) is 0. The number of benzene rings is 2. The molecule has 0 aliphatic rings. The minimum absolute atomic E-state index is 0.714. The molecule has 2 aromatic carbocycles. The van der Waals surface area contributed by atoms with Gasteiger partial charge in [0.15, 0.2) is 0 Å². The van der Waals surface area contributed by atoms with Gasteiger partial charge in [0.05, 0.1) is 12.7 Å². The summed E-state index contributed by atoms with van der Waals surface area (Å²) in [5.41, 5.74) is 1.16. The van der Waals surface area contributed by atoms with Crippen molar-refractivity contribution in [3.05, 3.63) is 72.6 Å². The van der Waals surface area contributed by atoms with Gasteiger partial charge in [-0.2, -0.15) is 0 Å². The van der Waals surface area contributed by atoms with Crippen molar-refractivity contribution in [3.63, 3.8) is 0 Å². The van der Waals surface area contributed by atoms with E-state index in [0.717, 1.165) is 17.1 Å². The summed E-state index contributed by atoms with van der Waals surface area (Å²) in [5, 5.41) is 7.72. The molecule has 0 aliphatic carbocycles. The molecular formula is C15H13N3O. The fourth-order valence-electron chi connectivity index (χ4n) is 1.79. The fourth-order valence-corrected chi connectivity index (χ4v) is 1.79. The van der Waals surface area contributed by atoms with Crippen LogP contribution in [0.5, 0.6) is 11.5 Å². The Hall–Kier alpha value is -2.62. The molecule has 0 amide bonds. The number of aromatic nitrogens is 3. The largest absolute Gasteiger partial charge is 0.457 e. The Balaban J connectivity index is 1.69. The van der Waals surface area contributed by atoms with E-state index in [1.807, 2.05) is 60.8 Å². The van der Waals surface area contributed by atoms with E-state index in [9.17, 15) is 0 Å². The van der Waals surface area contributed by atoms with Gasteiger partial charge in [0.2, 0.25) is 0 Å². The smallest absolute Gasteiger partial charge is 0.127 e. The number of hydrogen-bond acceptors (Lipinski definition) is 3. The monoisotopic (exact) mass is 251 g/mol. The van der Waals surface area contributed by atoms with Crippen molar-refractivity contribution >= 4 is 0 Å². The zero-order chi connectivity index (χ0) is 12.9. The van der Waals surface area contributed by atoms with Crippen molar-refractivity contribution in [1.82, 2.24) is 15.0 Å². The van der Waals surface area contributed by atoms with E-state index >= 15 is 0 Å². The molecule has 0 aliphatic heterocycles. The Morgan fingerprint density at radius 3 is 2.32 bits per heavy atom. The predicted molar refractivity (Wildman–Crippen MR) is 72.1 cm³/mol. The Kier molecular flexibility index (Phi) is 3.23. The van der Waals surface area contributed by atoms with Crippen LogP contribution in [0.3, 0.4) is 0 Å². The van der Waals surface area contributed by atoms with E-state index < -0.39 is 0 Å². The van der Waals surface area contributed by atoms with Crippen LogP contribution in [0.25, 0.3) is 0 Å². The number of hydrogen-bond donors (Lipinski definition) is 0. The standard InChI is InChI=1S/C15H13N3O/c1-2-4-14(5-3-1)19-15-8-6-13(7-9-15)12-18-11-10-16-17-18/h1-11H,12H2. The average Bonchev–Trinajstić information content (AvgIpc) is 2.95. The van der Waals surface area contributed by atoms with Gasteiger partial charge < -0.3 is 4.74 Å². The second-order valence-corrected chi connectivity index (χ2v) is 4.16. The molecule has 0 unspecified atom stereocenters. The van der Waals surface area contributed by atoms with Crippen LogP contribution in [0.4, 0.5) is 0 Å². The molecule has 0 spiro atoms. The Bertz CT molecular complexity index is 618. The first-order valence-electron chi connectivity index (χ1n) is 6.06. The van der Waals surface area contributed by atoms with Crippen LogP contribution in [0.15, 0.2) is 67.0 Å². The van der Waals surface area contributed by atoms with Crippen LogP contribution >= 0.6 is 0 Å². The van der Waals surface area contributed by atoms with Crippen molar-refractivity contribution < 1.29 is 4.74 Å². The minimum atomic E-state index is 0.714. The number of rotatable bonds is 4. The first-order valence-corrected chi connectivity index (χ1v) is 6.06. The van der Waals surface area contributed by atoms with E-state index in [-0.39, 0.29) is 0 Å². The molecule has 4 nitrogen and oxygen atoms in total. The minimum Gasteiger partial charge on any atom is -0.457 e. The molecule has 0 saturated carbocycles. The third kappa shape index (κ3) is 2.98. The van der Waals surface area contributed by atoms with E-state index in [1.165, 1.54) is 0 Å². The number of nitrogens with zero attached hydrogens (tertiary/aromatic N) is 3. The molecule has 0 atom stereocenters. The molecule has 0 radical (unpaired) electrons. The lowest BCUT2D eigenvalue weighted by atomic mass is 10.2. The van der Waals surface area contributed by atoms with E-state index in [0.29, 0.717) is 6.54 Å². The molecule has 3 aromatic rings. The van der Waals surface area contributed by atoms with Gasteiger partial charge in [0.25, 0.3) is 0 Å². The maximum atomic E-state index is 5.73. The first-order chi connectivity index (χ1) is 9.40. The van der Waals surface area contributed by atoms with Gasteiger partial charge in [-0.15, -0.1) is 5.10 Å². The molecule has 0 bridgehead atoms. The zero-order valence-electron chi connectivity index (χ0n) is 10.3. The topological polar surface area (TPSA) is 39.9 Å². The van der Waals surface area contributed by atoms with Crippen LogP contribution in [0, 0.1) is 0 Å². The molecule has 94 valence electrons. The molecule has 4 heteroatoms. The summed E-state index contributed by atoms with van der Waals surface area (Å²) in [5.74, 6) is 1.67. The van der Waals surface area contributed by atoms with Crippen LogP contribution in [0.2, 0.25) is 0 Å². The van der Waals surface area contributed by atoms with Crippen LogP contribution in [-0.4, -0.2) is 15.0 Å². The van der Waals surface area contributed by atoms with E-state index in [2.05, 4.69) is 10.3 Å². The van der Waals surface area contributed by atoms with Gasteiger partial charge in [-0.25, -0.2) is 4.68 Å². The quantitative estimate of drug-likeness (QED) is 0.715. The van der Waals surface area contributed by atoms with Crippen molar-refractivity contribution in [2.24, 2.45) is 0 Å². The molecule has 1 aromatic heterocycles. The van der Waals surface area contributed by atoms with Gasteiger partial charge in [-0.05, 0) is 29.8 Å². The Morgan fingerprint density at radius 2 is 1.63 bits per heavy atom. The molecular weight excluding hydrogens is 238 g/mol. The third-order valence-electron chi connectivity index (χ3n) is 2.72. The fraction of sp³-hybridized carbons (Fsp3) is 0.0667. The van der Waals surface area contributed by atoms with Crippen LogP contribution in [-0.2, 0) is 6.54 Å². The van der Waals surface area contributed by atoms with Gasteiger partial charge in [0, 0.05) is 6.20 Å². The van der Waals surface area contributed by atoms with Gasteiger partial charge >= 0.3 is 0 Å². The molecule has 0 saturated heterocycles. The second-order valence-electron chi connectivity index (χ2n) is 4.16. The SMILES string of the molecule is c1ccc(Oc2ccc(Cn3ccnn3)cc2)cc1. The molecule has 3 rings (SSSR count). The van der Waals surface area contributed by atoms with Crippen LogP contribution in [0.1, 0.15) is 5.56 Å². The summed E-state index contributed by atoms with van der Waals surface area (Å²) < 4.78 is 7.52. The highest BCUT2D eigenvalue weighted by Crippen LogP contribution is 2.21. The third-order valence-corrected chi connectivity index (χ3v) is 2.72. The van der Waals surface area contributed by atoms with Crippen molar-refractivity contribution in [2.75, 3.05) is 0 Å². The van der Waals surface area contributed by atoms with Gasteiger partial charge in [-0.1, -0.05) is 35.5 Å². The molecule has 0 N–H and O–H groups in total. The highest BCUT2D eigenvalue weighted by atomic mass is 16.5. The lowest BCUT2D eigenvalue weighted by Gasteiger charge is -2.06. The highest BCUT2D eigenvalue weighted by Gasteiger charge is 1.99. The predicted octanol–water partition coefficient (Wildman–Crippen LogP) is 3.12. The second kappa shape index (κ2) is 5.35. The molecule has 1 heterocycles. The van der Waals surface area contributed by atoms with Gasteiger partial charge in [0.1, 0.15) is 11.5 Å². The molecule has 19 heavy (non-hydrogen) atoms. The normalized spacial score (nSPS) is 10.3.